The molecule has 2 aromatic rings. The van der Waals surface area contributed by atoms with Gasteiger partial charge < -0.3 is 10.1 Å². The largest absolute Gasteiger partial charge is 0.385 e. The van der Waals surface area contributed by atoms with Gasteiger partial charge in [-0.15, -0.1) is 0 Å². The van der Waals surface area contributed by atoms with Gasteiger partial charge in [-0.3, -0.25) is 9.59 Å². The zero-order chi connectivity index (χ0) is 18.1. The van der Waals surface area contributed by atoms with Gasteiger partial charge in [-0.05, 0) is 30.5 Å². The van der Waals surface area contributed by atoms with Crippen LogP contribution in [-0.4, -0.2) is 37.4 Å². The number of rotatable bonds is 9. The summed E-state index contributed by atoms with van der Waals surface area (Å²) in [7, 11) is 3.20. The van der Waals surface area contributed by atoms with E-state index in [1.807, 2.05) is 30.3 Å². The number of nitrogens with one attached hydrogen (secondary N) is 1. The van der Waals surface area contributed by atoms with Gasteiger partial charge in [0.2, 0.25) is 0 Å². The van der Waals surface area contributed by atoms with Crippen LogP contribution in [0.5, 0.6) is 0 Å². The van der Waals surface area contributed by atoms with Crippen LogP contribution >= 0.6 is 0 Å². The Bertz CT molecular complexity index is 714. The summed E-state index contributed by atoms with van der Waals surface area (Å²) in [5, 5.41) is 2.57. The van der Waals surface area contributed by atoms with Crippen LogP contribution < -0.4 is 5.32 Å². The number of carbonyl (C=O) groups is 2. The molecule has 0 saturated carbocycles. The molecule has 0 aliphatic heterocycles. The van der Waals surface area contributed by atoms with E-state index in [-0.39, 0.29) is 17.4 Å². The summed E-state index contributed by atoms with van der Waals surface area (Å²) in [6, 6.07) is 13.2. The van der Waals surface area contributed by atoms with Crippen LogP contribution in [-0.2, 0) is 11.2 Å². The normalized spacial score (nSPS) is 10.5. The smallest absolute Gasteiger partial charge is 0.269 e. The topological polar surface area (TPSA) is 68.3 Å². The molecule has 0 aliphatic carbocycles. The molecule has 0 spiro atoms. The van der Waals surface area contributed by atoms with Gasteiger partial charge in [0, 0.05) is 44.9 Å². The van der Waals surface area contributed by atoms with E-state index in [0.717, 1.165) is 18.4 Å². The maximum Gasteiger partial charge on any atom is 0.269 e. The molecule has 1 heterocycles. The Hall–Kier alpha value is -2.53. The molecule has 1 N–H and O–H groups in total. The van der Waals surface area contributed by atoms with E-state index >= 15 is 0 Å². The fourth-order valence-corrected chi connectivity index (χ4v) is 2.56. The van der Waals surface area contributed by atoms with Crippen LogP contribution in [0.4, 0.5) is 0 Å². The molecule has 5 nitrogen and oxygen atoms in total. The van der Waals surface area contributed by atoms with E-state index in [2.05, 4.69) is 10.3 Å². The molecule has 1 aromatic heterocycles. The molecule has 1 aromatic carbocycles. The molecular weight excluding hydrogens is 316 g/mol. The minimum atomic E-state index is -0.289. The number of ether oxygens (including phenoxy) is 1. The first-order valence-corrected chi connectivity index (χ1v) is 8.43. The van der Waals surface area contributed by atoms with Crippen LogP contribution in [0.2, 0.25) is 0 Å². The van der Waals surface area contributed by atoms with Crippen LogP contribution in [0.15, 0.2) is 42.5 Å². The summed E-state index contributed by atoms with van der Waals surface area (Å²) in [6.07, 6.45) is 2.62. The first-order valence-electron chi connectivity index (χ1n) is 8.43. The summed E-state index contributed by atoms with van der Waals surface area (Å²) in [4.78, 5) is 28.9. The fourth-order valence-electron chi connectivity index (χ4n) is 2.56. The molecule has 5 heteroatoms. The number of Topliss-reactive ketones (excluding diaryl/α,β-unsaturated/α-hetero) is 1. The number of nitrogens with zero attached hydrogens (tertiary/aromatic N) is 1. The quantitative estimate of drug-likeness (QED) is 0.563. The van der Waals surface area contributed by atoms with E-state index < -0.39 is 0 Å². The Morgan fingerprint density at radius 3 is 2.56 bits per heavy atom. The number of pyridine rings is 1. The van der Waals surface area contributed by atoms with E-state index in [0.29, 0.717) is 30.7 Å². The van der Waals surface area contributed by atoms with Crippen molar-refractivity contribution in [2.45, 2.75) is 25.7 Å². The molecule has 1 amide bonds. The summed E-state index contributed by atoms with van der Waals surface area (Å²) < 4.78 is 5.01. The molecule has 132 valence electrons. The Morgan fingerprint density at radius 2 is 1.88 bits per heavy atom. The highest BCUT2D eigenvalue weighted by Crippen LogP contribution is 2.14. The third-order valence-corrected chi connectivity index (χ3v) is 3.89. The lowest BCUT2D eigenvalue weighted by Crippen LogP contribution is -2.20. The second-order valence-electron chi connectivity index (χ2n) is 5.85. The van der Waals surface area contributed by atoms with Gasteiger partial charge in [-0.25, -0.2) is 4.98 Å². The lowest BCUT2D eigenvalue weighted by Gasteiger charge is -2.08. The SMILES string of the molecule is CNC(=O)c1cc(C(=O)CCCCOC)cc(Cc2ccccc2)n1. The molecule has 0 atom stereocenters. The number of hydrogen-bond donors (Lipinski definition) is 1. The second-order valence-corrected chi connectivity index (χ2v) is 5.85. The van der Waals surface area contributed by atoms with Crippen molar-refractivity contribution in [1.29, 1.82) is 0 Å². The maximum absolute atomic E-state index is 12.5. The van der Waals surface area contributed by atoms with Gasteiger partial charge in [0.25, 0.3) is 5.91 Å². The number of unbranched alkanes of at least 4 members (excludes halogenated alkanes) is 1. The number of ketones is 1. The fraction of sp³-hybridized carbons (Fsp3) is 0.350. The Balaban J connectivity index is 2.21. The predicted octanol–water partition coefficient (Wildman–Crippen LogP) is 3.03. The number of amides is 1. The number of aromatic nitrogens is 1. The van der Waals surface area contributed by atoms with Crippen molar-refractivity contribution >= 4 is 11.7 Å². The average molecular weight is 340 g/mol. The van der Waals surface area contributed by atoms with Crippen molar-refractivity contribution in [2.75, 3.05) is 20.8 Å². The first kappa shape index (κ1) is 18.8. The van der Waals surface area contributed by atoms with Crippen LogP contribution in [0.1, 0.15) is 51.4 Å². The molecule has 0 fully saturated rings. The van der Waals surface area contributed by atoms with Crippen molar-refractivity contribution in [3.05, 3.63) is 65.0 Å². The summed E-state index contributed by atoms with van der Waals surface area (Å²) >= 11 is 0. The summed E-state index contributed by atoms with van der Waals surface area (Å²) in [6.45, 7) is 0.645. The highest BCUT2D eigenvalue weighted by molar-refractivity contribution is 5.99. The van der Waals surface area contributed by atoms with Crippen LogP contribution in [0, 0.1) is 0 Å². The van der Waals surface area contributed by atoms with Crippen molar-refractivity contribution in [3.8, 4) is 0 Å². The van der Waals surface area contributed by atoms with Gasteiger partial charge >= 0.3 is 0 Å². The highest BCUT2D eigenvalue weighted by Gasteiger charge is 2.14. The molecule has 0 radical (unpaired) electrons. The highest BCUT2D eigenvalue weighted by atomic mass is 16.5. The van der Waals surface area contributed by atoms with Crippen LogP contribution in [0.25, 0.3) is 0 Å². The second kappa shape index (κ2) is 9.69. The molecule has 0 bridgehead atoms. The van der Waals surface area contributed by atoms with E-state index in [9.17, 15) is 9.59 Å². The Kier molecular flexibility index (Phi) is 7.29. The van der Waals surface area contributed by atoms with Gasteiger partial charge in [-0.1, -0.05) is 30.3 Å². The Labute approximate surface area is 148 Å². The zero-order valence-electron chi connectivity index (χ0n) is 14.7. The standard InChI is InChI=1S/C20H24N2O3/c1-21-20(24)18-14-16(19(23)10-6-7-11-25-2)13-17(22-18)12-15-8-4-3-5-9-15/h3-5,8-9,13-14H,6-7,10-12H2,1-2H3,(H,21,24). The number of benzene rings is 1. The number of hydrogen-bond acceptors (Lipinski definition) is 4. The maximum atomic E-state index is 12.5. The third-order valence-electron chi connectivity index (χ3n) is 3.89. The average Bonchev–Trinajstić information content (AvgIpc) is 2.65. The molecule has 2 rings (SSSR count). The van der Waals surface area contributed by atoms with Crippen molar-refractivity contribution in [2.24, 2.45) is 0 Å². The Morgan fingerprint density at radius 1 is 1.12 bits per heavy atom. The van der Waals surface area contributed by atoms with Crippen LogP contribution in [0.3, 0.4) is 0 Å². The molecular formula is C20H24N2O3. The predicted molar refractivity (Wildman–Crippen MR) is 96.9 cm³/mol. The van der Waals surface area contributed by atoms with Gasteiger partial charge in [-0.2, -0.15) is 0 Å². The summed E-state index contributed by atoms with van der Waals surface area (Å²) in [5.41, 5.74) is 2.61. The van der Waals surface area contributed by atoms with Crippen molar-refractivity contribution < 1.29 is 14.3 Å². The lowest BCUT2D eigenvalue weighted by molar-refractivity contribution is 0.0958. The minimum Gasteiger partial charge on any atom is -0.385 e. The van der Waals surface area contributed by atoms with Gasteiger partial charge in [0.15, 0.2) is 5.78 Å². The van der Waals surface area contributed by atoms with Gasteiger partial charge in [0.1, 0.15) is 5.69 Å². The molecule has 0 unspecified atom stereocenters. The van der Waals surface area contributed by atoms with Crippen molar-refractivity contribution in [3.63, 3.8) is 0 Å². The van der Waals surface area contributed by atoms with Crippen molar-refractivity contribution in [1.82, 2.24) is 10.3 Å². The summed E-state index contributed by atoms with van der Waals surface area (Å²) in [5.74, 6) is -0.263. The lowest BCUT2D eigenvalue weighted by atomic mass is 10.0. The van der Waals surface area contributed by atoms with Gasteiger partial charge in [0.05, 0.1) is 0 Å². The minimum absolute atomic E-state index is 0.0259. The monoisotopic (exact) mass is 340 g/mol. The van der Waals surface area contributed by atoms with E-state index in [1.165, 1.54) is 0 Å². The zero-order valence-corrected chi connectivity index (χ0v) is 14.7. The number of methoxy groups -OCH3 is 1. The number of carbonyl (C=O) groups excluding carboxylic acids is 2. The van der Waals surface area contributed by atoms with E-state index in [4.69, 9.17) is 4.74 Å². The third kappa shape index (κ3) is 5.80. The molecule has 0 aliphatic rings. The van der Waals surface area contributed by atoms with E-state index in [1.54, 1.807) is 26.3 Å². The first-order chi connectivity index (χ1) is 12.1. The molecule has 25 heavy (non-hydrogen) atoms. The molecule has 0 saturated heterocycles.